The normalized spacial score (nSPS) is 11.2. The first kappa shape index (κ1) is 7.87. The summed E-state index contributed by atoms with van der Waals surface area (Å²) in [6.45, 7) is 0. The third kappa shape index (κ3) is 1.02. The van der Waals surface area contributed by atoms with Crippen LogP contribution in [0.2, 0.25) is 0 Å². The van der Waals surface area contributed by atoms with E-state index in [1.165, 1.54) is 0 Å². The van der Waals surface area contributed by atoms with E-state index in [1.807, 2.05) is 22.6 Å². The Morgan fingerprint density at radius 2 is 2.21 bits per heavy atom. The molecule has 0 fully saturated rings. The summed E-state index contributed by atoms with van der Waals surface area (Å²) >= 11 is 3.43. The Labute approximate surface area is 87.7 Å². The zero-order chi connectivity index (χ0) is 9.54. The van der Waals surface area contributed by atoms with Gasteiger partial charge in [-0.1, -0.05) is 22.0 Å². The van der Waals surface area contributed by atoms with E-state index in [9.17, 15) is 0 Å². The summed E-state index contributed by atoms with van der Waals surface area (Å²) in [5.41, 5.74) is 1.05. The third-order valence-corrected chi connectivity index (χ3v) is 2.59. The van der Waals surface area contributed by atoms with Gasteiger partial charge in [-0.05, 0) is 12.1 Å². The first-order valence-corrected chi connectivity index (χ1v) is 4.88. The zero-order valence-electron chi connectivity index (χ0n) is 7.05. The summed E-state index contributed by atoms with van der Waals surface area (Å²) in [6, 6.07) is 6.01. The van der Waals surface area contributed by atoms with Crippen molar-refractivity contribution in [1.82, 2.24) is 19.6 Å². The maximum Gasteiger partial charge on any atom is 0.255 e. The Morgan fingerprint density at radius 1 is 1.29 bits per heavy atom. The summed E-state index contributed by atoms with van der Waals surface area (Å²) in [5, 5.41) is 8.77. The highest BCUT2D eigenvalue weighted by Crippen LogP contribution is 2.19. The van der Waals surface area contributed by atoms with Crippen LogP contribution in [0.3, 0.4) is 0 Å². The van der Waals surface area contributed by atoms with Crippen molar-refractivity contribution in [2.45, 2.75) is 0 Å². The van der Waals surface area contributed by atoms with Gasteiger partial charge in [-0.25, -0.2) is 4.98 Å². The molecule has 0 saturated carbocycles. The minimum Gasteiger partial charge on any atom is -0.265 e. The van der Waals surface area contributed by atoms with Crippen LogP contribution in [0, 0.1) is 0 Å². The lowest BCUT2D eigenvalue weighted by Gasteiger charge is -2.00. The fourth-order valence-corrected chi connectivity index (χ4v) is 1.80. The van der Waals surface area contributed by atoms with Gasteiger partial charge >= 0.3 is 0 Å². The van der Waals surface area contributed by atoms with Crippen LogP contribution >= 0.6 is 15.9 Å². The second-order valence-corrected chi connectivity index (χ2v) is 3.88. The second-order valence-electron chi connectivity index (χ2n) is 2.96. The second kappa shape index (κ2) is 2.75. The average molecular weight is 249 g/mol. The van der Waals surface area contributed by atoms with Crippen molar-refractivity contribution in [3.63, 3.8) is 0 Å². The Balaban J connectivity index is 2.60. The lowest BCUT2D eigenvalue weighted by molar-refractivity contribution is 1.10. The Kier molecular flexibility index (Phi) is 1.55. The third-order valence-electron chi connectivity index (χ3n) is 2.10. The van der Waals surface area contributed by atoms with Gasteiger partial charge in [0.05, 0.1) is 5.52 Å². The number of nitrogens with zero attached hydrogens (tertiary/aromatic N) is 4. The number of hydrogen-bond acceptors (Lipinski definition) is 3. The predicted octanol–water partition coefficient (Wildman–Crippen LogP) is 2.04. The molecule has 0 radical (unpaired) electrons. The van der Waals surface area contributed by atoms with Crippen molar-refractivity contribution >= 4 is 32.6 Å². The Hall–Kier alpha value is -1.49. The molecule has 2 aromatic heterocycles. The van der Waals surface area contributed by atoms with Crippen LogP contribution in [-0.2, 0) is 0 Å². The van der Waals surface area contributed by atoms with Gasteiger partial charge in [-0.15, -0.1) is 10.2 Å². The molecule has 0 amide bonds. The van der Waals surface area contributed by atoms with Crippen LogP contribution < -0.4 is 0 Å². The topological polar surface area (TPSA) is 43.1 Å². The molecule has 5 heteroatoms. The van der Waals surface area contributed by atoms with E-state index in [0.29, 0.717) is 5.78 Å². The number of rotatable bonds is 0. The van der Waals surface area contributed by atoms with Gasteiger partial charge < -0.3 is 0 Å². The lowest BCUT2D eigenvalue weighted by atomic mass is 10.2. The molecule has 3 aromatic rings. The summed E-state index contributed by atoms with van der Waals surface area (Å²) in [4.78, 5) is 4.17. The molecule has 1 aromatic carbocycles. The molecule has 2 heterocycles. The summed E-state index contributed by atoms with van der Waals surface area (Å²) in [6.07, 6.45) is 3.46. The molecule has 3 rings (SSSR count). The minimum absolute atomic E-state index is 0.621. The number of aromatic nitrogens is 4. The van der Waals surface area contributed by atoms with Crippen molar-refractivity contribution in [3.05, 3.63) is 35.2 Å². The fraction of sp³-hybridized carbons (Fsp3) is 0. The van der Waals surface area contributed by atoms with Crippen LogP contribution in [0.4, 0.5) is 0 Å². The molecule has 0 N–H and O–H groups in total. The summed E-state index contributed by atoms with van der Waals surface area (Å²) in [7, 11) is 0. The van der Waals surface area contributed by atoms with Crippen molar-refractivity contribution in [2.75, 3.05) is 0 Å². The van der Waals surface area contributed by atoms with Gasteiger partial charge in [-0.3, -0.25) is 4.40 Å². The highest BCUT2D eigenvalue weighted by molar-refractivity contribution is 9.10. The quantitative estimate of drug-likeness (QED) is 0.612. The first-order chi connectivity index (χ1) is 6.84. The molecule has 0 saturated heterocycles. The molecule has 14 heavy (non-hydrogen) atoms. The van der Waals surface area contributed by atoms with E-state index in [4.69, 9.17) is 0 Å². The van der Waals surface area contributed by atoms with Gasteiger partial charge in [0, 0.05) is 16.1 Å². The Morgan fingerprint density at radius 3 is 3.14 bits per heavy atom. The maximum absolute atomic E-state index is 4.17. The van der Waals surface area contributed by atoms with Crippen LogP contribution in [0.5, 0.6) is 0 Å². The minimum atomic E-state index is 0.621. The van der Waals surface area contributed by atoms with E-state index in [-0.39, 0.29) is 0 Å². The molecular formula is C9H5BrN4. The van der Waals surface area contributed by atoms with Gasteiger partial charge in [0.1, 0.15) is 6.33 Å². The molecule has 0 bridgehead atoms. The maximum atomic E-state index is 4.17. The Bertz CT molecular complexity index is 616. The molecule has 0 aliphatic heterocycles. The average Bonchev–Trinajstić information content (AvgIpc) is 2.65. The molecule has 4 nitrogen and oxygen atoms in total. The zero-order valence-corrected chi connectivity index (χ0v) is 8.64. The van der Waals surface area contributed by atoms with E-state index >= 15 is 0 Å². The van der Waals surface area contributed by atoms with Crippen molar-refractivity contribution in [2.24, 2.45) is 0 Å². The molecule has 0 spiro atoms. The number of halogens is 1. The first-order valence-electron chi connectivity index (χ1n) is 4.08. The fourth-order valence-electron chi connectivity index (χ4n) is 1.45. The van der Waals surface area contributed by atoms with Crippen LogP contribution in [0.25, 0.3) is 16.7 Å². The van der Waals surface area contributed by atoms with E-state index < -0.39 is 0 Å². The van der Waals surface area contributed by atoms with Crippen molar-refractivity contribution in [3.8, 4) is 0 Å². The van der Waals surface area contributed by atoms with Crippen LogP contribution in [0.15, 0.2) is 35.2 Å². The van der Waals surface area contributed by atoms with Gasteiger partial charge in [0.15, 0.2) is 0 Å². The molecule has 0 aliphatic carbocycles. The highest BCUT2D eigenvalue weighted by Gasteiger charge is 2.02. The molecular weight excluding hydrogens is 244 g/mol. The SMILES string of the molecule is Brc1ccc2cnc3nncn3c2c1. The monoisotopic (exact) mass is 248 g/mol. The number of fused-ring (bicyclic) bond motifs is 3. The molecule has 68 valence electrons. The van der Waals surface area contributed by atoms with Gasteiger partial charge in [0.2, 0.25) is 0 Å². The van der Waals surface area contributed by atoms with Crippen molar-refractivity contribution in [1.29, 1.82) is 0 Å². The van der Waals surface area contributed by atoms with Crippen LogP contribution in [0.1, 0.15) is 0 Å². The summed E-state index contributed by atoms with van der Waals surface area (Å²) in [5.74, 6) is 0.621. The van der Waals surface area contributed by atoms with Gasteiger partial charge in [0.25, 0.3) is 5.78 Å². The lowest BCUT2D eigenvalue weighted by Crippen LogP contribution is -1.89. The van der Waals surface area contributed by atoms with Crippen molar-refractivity contribution < 1.29 is 0 Å². The molecule has 0 aliphatic rings. The van der Waals surface area contributed by atoms with E-state index in [1.54, 1.807) is 12.5 Å². The summed E-state index contributed by atoms with van der Waals surface area (Å²) < 4.78 is 2.89. The molecule has 0 atom stereocenters. The largest absolute Gasteiger partial charge is 0.265 e. The molecule has 0 unspecified atom stereocenters. The highest BCUT2D eigenvalue weighted by atomic mass is 79.9. The smallest absolute Gasteiger partial charge is 0.255 e. The van der Waals surface area contributed by atoms with E-state index in [2.05, 4.69) is 31.1 Å². The van der Waals surface area contributed by atoms with Gasteiger partial charge in [-0.2, -0.15) is 0 Å². The number of hydrogen-bond donors (Lipinski definition) is 0. The predicted molar refractivity (Wildman–Crippen MR) is 56.0 cm³/mol. The van der Waals surface area contributed by atoms with E-state index in [0.717, 1.165) is 15.4 Å². The standard InChI is InChI=1S/C9H5BrN4/c10-7-2-1-6-4-11-9-13-12-5-14(9)8(6)3-7/h1-5H. The van der Waals surface area contributed by atoms with Crippen LogP contribution in [-0.4, -0.2) is 19.6 Å². The number of benzene rings is 1.